The van der Waals surface area contributed by atoms with Crippen LogP contribution in [0.5, 0.6) is 5.75 Å². The van der Waals surface area contributed by atoms with Crippen molar-refractivity contribution in [2.24, 2.45) is 5.73 Å². The van der Waals surface area contributed by atoms with Gasteiger partial charge in [0, 0.05) is 6.42 Å². The molecule has 0 bridgehead atoms. The number of aryl methyl sites for hydroxylation is 1. The number of carbonyl (C=O) groups excluding carboxylic acids is 1. The van der Waals surface area contributed by atoms with Crippen LogP contribution in [0, 0.1) is 0 Å². The number of rotatable bonds is 7. The van der Waals surface area contributed by atoms with Crippen LogP contribution in [0.25, 0.3) is 0 Å². The van der Waals surface area contributed by atoms with Crippen LogP contribution in [-0.2, 0) is 23.1 Å². The minimum Gasteiger partial charge on any atom is -0.480 e. The van der Waals surface area contributed by atoms with Crippen LogP contribution < -0.4 is 10.5 Å². The minimum atomic E-state index is -0.522. The van der Waals surface area contributed by atoms with E-state index >= 15 is 0 Å². The van der Waals surface area contributed by atoms with E-state index in [2.05, 4.69) is 64.1 Å². The van der Waals surface area contributed by atoms with E-state index < -0.39 is 12.0 Å². The second kappa shape index (κ2) is 7.75. The molecule has 1 amide bonds. The average molecular weight is 366 g/mol. The summed E-state index contributed by atoms with van der Waals surface area (Å²) in [6, 6.07) is 15.3. The van der Waals surface area contributed by atoms with E-state index in [1.54, 1.807) is 0 Å². The molecule has 1 atom stereocenters. The van der Waals surface area contributed by atoms with Crippen molar-refractivity contribution >= 4 is 5.91 Å². The molecular weight excluding hydrogens is 334 g/mol. The standard InChI is InChI=1S/C24H31NO2/c1-16(2)18-9-5-7-17(13-18)8-6-12-24(3,4)20-10-11-21-19(14-20)15-22(27-21)23(25)26/h5,7,9-11,13-14,16,22H,6,8,12,15H2,1-4H3,(H2,25,26)/t22-/m0/s1. The van der Waals surface area contributed by atoms with Gasteiger partial charge in [0.15, 0.2) is 6.10 Å². The zero-order valence-electron chi connectivity index (χ0n) is 16.9. The molecule has 2 N–H and O–H groups in total. The number of hydrogen-bond acceptors (Lipinski definition) is 2. The zero-order chi connectivity index (χ0) is 19.6. The van der Waals surface area contributed by atoms with E-state index in [1.165, 1.54) is 16.7 Å². The quantitative estimate of drug-likeness (QED) is 0.759. The van der Waals surface area contributed by atoms with Gasteiger partial charge in [-0.3, -0.25) is 4.79 Å². The Morgan fingerprint density at radius 1 is 1.22 bits per heavy atom. The van der Waals surface area contributed by atoms with Gasteiger partial charge in [0.2, 0.25) is 0 Å². The Bertz CT molecular complexity index is 823. The smallest absolute Gasteiger partial charge is 0.258 e. The third kappa shape index (κ3) is 4.52. The largest absolute Gasteiger partial charge is 0.480 e. The van der Waals surface area contributed by atoms with E-state index in [-0.39, 0.29) is 5.41 Å². The molecule has 0 radical (unpaired) electrons. The predicted octanol–water partition coefficient (Wildman–Crippen LogP) is 4.90. The Labute approximate surface area is 162 Å². The number of ether oxygens (including phenoxy) is 1. The highest BCUT2D eigenvalue weighted by Gasteiger charge is 2.29. The first-order valence-corrected chi connectivity index (χ1v) is 9.94. The topological polar surface area (TPSA) is 52.3 Å². The first-order valence-electron chi connectivity index (χ1n) is 9.94. The Balaban J connectivity index is 1.63. The molecule has 3 heteroatoms. The van der Waals surface area contributed by atoms with Gasteiger partial charge < -0.3 is 10.5 Å². The molecule has 0 spiro atoms. The van der Waals surface area contributed by atoms with E-state index in [4.69, 9.17) is 10.5 Å². The molecule has 0 aromatic heterocycles. The molecule has 0 fully saturated rings. The summed E-state index contributed by atoms with van der Waals surface area (Å²) in [6.45, 7) is 9.06. The normalized spacial score (nSPS) is 16.3. The highest BCUT2D eigenvalue weighted by Crippen LogP contribution is 2.36. The van der Waals surface area contributed by atoms with Gasteiger partial charge >= 0.3 is 0 Å². The van der Waals surface area contributed by atoms with E-state index in [0.717, 1.165) is 30.6 Å². The number of nitrogens with two attached hydrogens (primary N) is 1. The van der Waals surface area contributed by atoms with Crippen molar-refractivity contribution in [2.75, 3.05) is 0 Å². The molecule has 0 saturated carbocycles. The maximum atomic E-state index is 11.4. The lowest BCUT2D eigenvalue weighted by Gasteiger charge is -2.26. The number of amides is 1. The van der Waals surface area contributed by atoms with Gasteiger partial charge in [0.1, 0.15) is 5.75 Å². The molecular formula is C24H31NO2. The minimum absolute atomic E-state index is 0.0789. The number of hydrogen-bond donors (Lipinski definition) is 1. The number of carbonyl (C=O) groups is 1. The summed E-state index contributed by atoms with van der Waals surface area (Å²) >= 11 is 0. The molecule has 1 aliphatic rings. The summed E-state index contributed by atoms with van der Waals surface area (Å²) in [4.78, 5) is 11.4. The van der Waals surface area contributed by atoms with Crippen molar-refractivity contribution < 1.29 is 9.53 Å². The first kappa shape index (κ1) is 19.5. The molecule has 2 aromatic rings. The monoisotopic (exact) mass is 365 g/mol. The van der Waals surface area contributed by atoms with Crippen molar-refractivity contribution in [3.63, 3.8) is 0 Å². The van der Waals surface area contributed by atoms with Gasteiger partial charge in [-0.1, -0.05) is 64.1 Å². The second-order valence-electron chi connectivity index (χ2n) is 8.67. The Morgan fingerprint density at radius 2 is 2.00 bits per heavy atom. The van der Waals surface area contributed by atoms with Crippen molar-refractivity contribution in [3.8, 4) is 5.75 Å². The molecule has 0 aliphatic carbocycles. The third-order valence-corrected chi connectivity index (χ3v) is 5.72. The van der Waals surface area contributed by atoms with E-state index in [1.807, 2.05) is 6.07 Å². The van der Waals surface area contributed by atoms with Crippen molar-refractivity contribution in [3.05, 3.63) is 64.7 Å². The van der Waals surface area contributed by atoms with Gasteiger partial charge in [-0.2, -0.15) is 0 Å². The molecule has 1 heterocycles. The van der Waals surface area contributed by atoms with Crippen molar-refractivity contribution in [1.29, 1.82) is 0 Å². The molecule has 2 aromatic carbocycles. The Morgan fingerprint density at radius 3 is 2.70 bits per heavy atom. The van der Waals surface area contributed by atoms with Gasteiger partial charge in [-0.05, 0) is 58.9 Å². The van der Waals surface area contributed by atoms with Gasteiger partial charge in [-0.15, -0.1) is 0 Å². The predicted molar refractivity (Wildman–Crippen MR) is 110 cm³/mol. The Kier molecular flexibility index (Phi) is 5.59. The summed E-state index contributed by atoms with van der Waals surface area (Å²) in [7, 11) is 0. The first-order chi connectivity index (χ1) is 12.8. The fraction of sp³-hybridized carbons (Fsp3) is 0.458. The lowest BCUT2D eigenvalue weighted by atomic mass is 9.79. The lowest BCUT2D eigenvalue weighted by molar-refractivity contribution is -0.123. The molecule has 3 rings (SSSR count). The van der Waals surface area contributed by atoms with Crippen LogP contribution in [-0.4, -0.2) is 12.0 Å². The number of benzene rings is 2. The molecule has 3 nitrogen and oxygen atoms in total. The van der Waals surface area contributed by atoms with Crippen LogP contribution in [0.2, 0.25) is 0 Å². The van der Waals surface area contributed by atoms with Gasteiger partial charge in [0.05, 0.1) is 0 Å². The van der Waals surface area contributed by atoms with Crippen LogP contribution in [0.1, 0.15) is 68.7 Å². The fourth-order valence-electron chi connectivity index (χ4n) is 3.81. The highest BCUT2D eigenvalue weighted by atomic mass is 16.5. The van der Waals surface area contributed by atoms with Crippen molar-refractivity contribution in [1.82, 2.24) is 0 Å². The van der Waals surface area contributed by atoms with Crippen LogP contribution in [0.4, 0.5) is 0 Å². The van der Waals surface area contributed by atoms with Crippen LogP contribution in [0.3, 0.4) is 0 Å². The zero-order valence-corrected chi connectivity index (χ0v) is 16.9. The molecule has 144 valence electrons. The summed E-state index contributed by atoms with van der Waals surface area (Å²) in [5.41, 5.74) is 10.7. The van der Waals surface area contributed by atoms with Crippen LogP contribution >= 0.6 is 0 Å². The maximum absolute atomic E-state index is 11.4. The second-order valence-corrected chi connectivity index (χ2v) is 8.67. The lowest BCUT2D eigenvalue weighted by Crippen LogP contribution is -2.31. The third-order valence-electron chi connectivity index (χ3n) is 5.72. The maximum Gasteiger partial charge on any atom is 0.258 e. The molecule has 1 aliphatic heterocycles. The molecule has 0 unspecified atom stereocenters. The molecule has 0 saturated heterocycles. The fourth-order valence-corrected chi connectivity index (χ4v) is 3.81. The van der Waals surface area contributed by atoms with Gasteiger partial charge in [0.25, 0.3) is 5.91 Å². The average Bonchev–Trinajstić information content (AvgIpc) is 3.05. The summed E-state index contributed by atoms with van der Waals surface area (Å²) in [5.74, 6) is 0.971. The van der Waals surface area contributed by atoms with Crippen LogP contribution in [0.15, 0.2) is 42.5 Å². The summed E-state index contributed by atoms with van der Waals surface area (Å²) in [6.07, 6.45) is 3.41. The number of primary amides is 1. The van der Waals surface area contributed by atoms with E-state index in [0.29, 0.717) is 12.3 Å². The molecule has 27 heavy (non-hydrogen) atoms. The SMILES string of the molecule is CC(C)c1cccc(CCCC(C)(C)c2ccc3c(c2)C[C@@H](C(N)=O)O3)c1. The Hall–Kier alpha value is -2.29. The van der Waals surface area contributed by atoms with E-state index in [9.17, 15) is 4.79 Å². The highest BCUT2D eigenvalue weighted by molar-refractivity contribution is 5.80. The van der Waals surface area contributed by atoms with Crippen molar-refractivity contribution in [2.45, 2.75) is 70.8 Å². The summed E-state index contributed by atoms with van der Waals surface area (Å²) in [5, 5.41) is 0. The number of fused-ring (bicyclic) bond motifs is 1. The summed E-state index contributed by atoms with van der Waals surface area (Å²) < 4.78 is 5.63. The van der Waals surface area contributed by atoms with Gasteiger partial charge in [-0.25, -0.2) is 0 Å².